The Hall–Kier alpha value is -0.860. The zero-order valence-electron chi connectivity index (χ0n) is 10.2. The summed E-state index contributed by atoms with van der Waals surface area (Å²) in [7, 11) is 0. The molecular formula is C14H21NO. The summed E-state index contributed by atoms with van der Waals surface area (Å²) in [5.41, 5.74) is 7.43. The van der Waals surface area contributed by atoms with Gasteiger partial charge in [0.15, 0.2) is 0 Å². The lowest BCUT2D eigenvalue weighted by Gasteiger charge is -2.44. The maximum atomic E-state index is 6.04. The smallest absolute Gasteiger partial charge is 0.0635 e. The fourth-order valence-electron chi connectivity index (χ4n) is 2.81. The number of hydrogen-bond donors (Lipinski definition) is 1. The second-order valence-electron chi connectivity index (χ2n) is 5.39. The minimum Gasteiger partial charge on any atom is -0.376 e. The van der Waals surface area contributed by atoms with Crippen LogP contribution in [-0.4, -0.2) is 18.8 Å². The van der Waals surface area contributed by atoms with Crippen LogP contribution >= 0.6 is 0 Å². The average molecular weight is 219 g/mol. The Balaban J connectivity index is 2.33. The van der Waals surface area contributed by atoms with Gasteiger partial charge in [-0.25, -0.2) is 0 Å². The van der Waals surface area contributed by atoms with Crippen molar-refractivity contribution in [3.05, 3.63) is 35.9 Å². The van der Waals surface area contributed by atoms with Gasteiger partial charge in [-0.3, -0.25) is 0 Å². The Morgan fingerprint density at radius 1 is 1.25 bits per heavy atom. The first-order valence-corrected chi connectivity index (χ1v) is 5.98. The van der Waals surface area contributed by atoms with E-state index >= 15 is 0 Å². The van der Waals surface area contributed by atoms with Gasteiger partial charge in [0.2, 0.25) is 0 Å². The molecule has 0 saturated carbocycles. The quantitative estimate of drug-likeness (QED) is 0.829. The number of rotatable bonds is 2. The summed E-state index contributed by atoms with van der Waals surface area (Å²) in [6.45, 7) is 5.81. The Morgan fingerprint density at radius 3 is 2.50 bits per heavy atom. The lowest BCUT2D eigenvalue weighted by molar-refractivity contribution is -0.0806. The molecule has 0 amide bonds. The monoisotopic (exact) mass is 219 g/mol. The van der Waals surface area contributed by atoms with E-state index in [9.17, 15) is 0 Å². The van der Waals surface area contributed by atoms with Gasteiger partial charge in [0.05, 0.1) is 5.60 Å². The van der Waals surface area contributed by atoms with Crippen LogP contribution in [0.4, 0.5) is 0 Å². The van der Waals surface area contributed by atoms with Gasteiger partial charge in [0.25, 0.3) is 0 Å². The molecule has 2 rings (SSSR count). The van der Waals surface area contributed by atoms with Gasteiger partial charge < -0.3 is 10.5 Å². The van der Waals surface area contributed by atoms with Crippen LogP contribution in [0.15, 0.2) is 30.3 Å². The van der Waals surface area contributed by atoms with Crippen LogP contribution in [0, 0.1) is 0 Å². The molecule has 0 bridgehead atoms. The van der Waals surface area contributed by atoms with Gasteiger partial charge in [-0.1, -0.05) is 30.3 Å². The Kier molecular flexibility index (Phi) is 3.04. The molecule has 0 unspecified atom stereocenters. The van der Waals surface area contributed by atoms with Crippen LogP contribution in [-0.2, 0) is 10.2 Å². The molecular weight excluding hydrogens is 198 g/mol. The van der Waals surface area contributed by atoms with E-state index in [1.807, 2.05) is 0 Å². The fourth-order valence-corrected chi connectivity index (χ4v) is 2.81. The number of nitrogens with two attached hydrogens (primary N) is 1. The van der Waals surface area contributed by atoms with Crippen molar-refractivity contribution in [2.75, 3.05) is 13.2 Å². The number of ether oxygens (including phenoxy) is 1. The van der Waals surface area contributed by atoms with Crippen molar-refractivity contribution in [1.29, 1.82) is 0 Å². The predicted molar refractivity (Wildman–Crippen MR) is 66.4 cm³/mol. The van der Waals surface area contributed by atoms with Gasteiger partial charge in [0.1, 0.15) is 0 Å². The van der Waals surface area contributed by atoms with E-state index in [1.165, 1.54) is 5.56 Å². The third-order valence-corrected chi connectivity index (χ3v) is 3.61. The highest BCUT2D eigenvalue weighted by Gasteiger charge is 2.40. The first kappa shape index (κ1) is 11.6. The molecule has 1 saturated heterocycles. The van der Waals surface area contributed by atoms with Gasteiger partial charge in [-0.2, -0.15) is 0 Å². The van der Waals surface area contributed by atoms with Gasteiger partial charge >= 0.3 is 0 Å². The summed E-state index contributed by atoms with van der Waals surface area (Å²) in [4.78, 5) is 0. The molecule has 1 aromatic carbocycles. The van der Waals surface area contributed by atoms with Crippen molar-refractivity contribution < 1.29 is 4.74 Å². The van der Waals surface area contributed by atoms with E-state index in [2.05, 4.69) is 44.2 Å². The van der Waals surface area contributed by atoms with Crippen LogP contribution in [0.1, 0.15) is 32.3 Å². The molecule has 1 atom stereocenters. The number of hydrogen-bond acceptors (Lipinski definition) is 2. The van der Waals surface area contributed by atoms with Gasteiger partial charge in [-0.15, -0.1) is 0 Å². The van der Waals surface area contributed by atoms with Crippen LogP contribution in [0.2, 0.25) is 0 Å². The maximum absolute atomic E-state index is 6.04. The van der Waals surface area contributed by atoms with E-state index in [4.69, 9.17) is 10.5 Å². The molecule has 2 nitrogen and oxygen atoms in total. The SMILES string of the molecule is CC1(C)C[C@](CN)(c2ccccc2)CCO1. The molecule has 0 aromatic heterocycles. The summed E-state index contributed by atoms with van der Waals surface area (Å²) in [6, 6.07) is 10.6. The average Bonchev–Trinajstić information content (AvgIpc) is 2.29. The Bertz CT molecular complexity index is 347. The summed E-state index contributed by atoms with van der Waals surface area (Å²) in [6.07, 6.45) is 2.03. The normalized spacial score (nSPS) is 28.9. The van der Waals surface area contributed by atoms with Crippen molar-refractivity contribution >= 4 is 0 Å². The summed E-state index contributed by atoms with van der Waals surface area (Å²) >= 11 is 0. The van der Waals surface area contributed by atoms with Gasteiger partial charge in [-0.05, 0) is 32.3 Å². The van der Waals surface area contributed by atoms with E-state index in [1.54, 1.807) is 0 Å². The zero-order chi connectivity index (χ0) is 11.6. The van der Waals surface area contributed by atoms with Crippen molar-refractivity contribution in [2.45, 2.75) is 37.7 Å². The number of benzene rings is 1. The summed E-state index contributed by atoms with van der Waals surface area (Å²) < 4.78 is 5.79. The van der Waals surface area contributed by atoms with Crippen LogP contribution < -0.4 is 5.73 Å². The molecule has 1 aliphatic rings. The minimum absolute atomic E-state index is 0.0620. The lowest BCUT2D eigenvalue weighted by Crippen LogP contribution is -2.48. The Morgan fingerprint density at radius 2 is 1.94 bits per heavy atom. The second-order valence-corrected chi connectivity index (χ2v) is 5.39. The summed E-state index contributed by atoms with van der Waals surface area (Å²) in [5, 5.41) is 0. The first-order chi connectivity index (χ1) is 7.58. The molecule has 2 heteroatoms. The highest BCUT2D eigenvalue weighted by molar-refractivity contribution is 5.27. The second kappa shape index (κ2) is 4.19. The molecule has 1 aliphatic heterocycles. The molecule has 88 valence electrons. The maximum Gasteiger partial charge on any atom is 0.0635 e. The lowest BCUT2D eigenvalue weighted by atomic mass is 9.69. The molecule has 0 aliphatic carbocycles. The fraction of sp³-hybridized carbons (Fsp3) is 0.571. The molecule has 0 spiro atoms. The van der Waals surface area contributed by atoms with Crippen LogP contribution in [0.25, 0.3) is 0 Å². The highest BCUT2D eigenvalue weighted by atomic mass is 16.5. The van der Waals surface area contributed by atoms with Crippen molar-refractivity contribution in [3.63, 3.8) is 0 Å². The zero-order valence-corrected chi connectivity index (χ0v) is 10.2. The molecule has 1 heterocycles. The standard InChI is InChI=1S/C14H21NO/c1-13(2)10-14(11-15,8-9-16-13)12-6-4-3-5-7-12/h3-7H,8-11,15H2,1-2H3/t14-/m1/s1. The third kappa shape index (κ3) is 2.13. The van der Waals surface area contributed by atoms with E-state index in [0.717, 1.165) is 19.4 Å². The predicted octanol–water partition coefficient (Wildman–Crippen LogP) is 2.47. The highest BCUT2D eigenvalue weighted by Crippen LogP contribution is 2.40. The van der Waals surface area contributed by atoms with E-state index < -0.39 is 0 Å². The van der Waals surface area contributed by atoms with Crippen molar-refractivity contribution in [2.24, 2.45) is 5.73 Å². The van der Waals surface area contributed by atoms with E-state index in [0.29, 0.717) is 6.54 Å². The van der Waals surface area contributed by atoms with Crippen LogP contribution in [0.5, 0.6) is 0 Å². The minimum atomic E-state index is -0.0620. The largest absolute Gasteiger partial charge is 0.376 e. The Labute approximate surface area is 97.8 Å². The van der Waals surface area contributed by atoms with E-state index in [-0.39, 0.29) is 11.0 Å². The molecule has 0 radical (unpaired) electrons. The molecule has 2 N–H and O–H groups in total. The first-order valence-electron chi connectivity index (χ1n) is 5.98. The molecule has 1 aromatic rings. The van der Waals surface area contributed by atoms with Crippen LogP contribution in [0.3, 0.4) is 0 Å². The van der Waals surface area contributed by atoms with Gasteiger partial charge in [0, 0.05) is 18.6 Å². The van der Waals surface area contributed by atoms with Crippen molar-refractivity contribution in [1.82, 2.24) is 0 Å². The third-order valence-electron chi connectivity index (χ3n) is 3.61. The summed E-state index contributed by atoms with van der Waals surface area (Å²) in [5.74, 6) is 0. The topological polar surface area (TPSA) is 35.2 Å². The van der Waals surface area contributed by atoms with Crippen molar-refractivity contribution in [3.8, 4) is 0 Å². The molecule has 16 heavy (non-hydrogen) atoms. The molecule has 1 fully saturated rings.